The number of carbonyl (C=O) groups excluding carboxylic acids is 1. The second-order valence-corrected chi connectivity index (χ2v) is 1.73. The van der Waals surface area contributed by atoms with E-state index in [4.69, 9.17) is 0 Å². The van der Waals surface area contributed by atoms with Crippen LogP contribution in [0.3, 0.4) is 0 Å². The number of hydrogen-bond donors (Lipinski definition) is 0. The minimum Gasteiger partial charge on any atom is -0.462 e. The highest BCUT2D eigenvalue weighted by atomic mass is 16.5. The maximum atomic E-state index is 10.4. The van der Waals surface area contributed by atoms with Crippen molar-refractivity contribution in [1.29, 1.82) is 0 Å². The minimum atomic E-state index is -0.357. The van der Waals surface area contributed by atoms with Crippen molar-refractivity contribution in [2.45, 2.75) is 13.3 Å². The number of esters is 1. The second-order valence-electron chi connectivity index (χ2n) is 1.73. The molecule has 0 saturated heterocycles. The summed E-state index contributed by atoms with van der Waals surface area (Å²) in [5.74, 6) is -0.357. The lowest BCUT2D eigenvalue weighted by atomic mass is 10.4. The van der Waals surface area contributed by atoms with Gasteiger partial charge in [-0.1, -0.05) is 18.7 Å². The Morgan fingerprint density at radius 3 is 2.90 bits per heavy atom. The zero-order chi connectivity index (χ0) is 7.82. The second kappa shape index (κ2) is 6.08. The normalized spacial score (nSPS) is 9.70. The zero-order valence-electron chi connectivity index (χ0n) is 6.17. The molecule has 0 bridgehead atoms. The van der Waals surface area contributed by atoms with Gasteiger partial charge in [0.1, 0.15) is 0 Å². The molecule has 0 aliphatic rings. The molecule has 0 aliphatic heterocycles. The minimum absolute atomic E-state index is 0.357. The summed E-state index contributed by atoms with van der Waals surface area (Å²) >= 11 is 0. The van der Waals surface area contributed by atoms with Gasteiger partial charge in [0.2, 0.25) is 0 Å². The van der Waals surface area contributed by atoms with Gasteiger partial charge in [-0.3, -0.25) is 0 Å². The maximum Gasteiger partial charge on any atom is 0.330 e. The van der Waals surface area contributed by atoms with Gasteiger partial charge in [-0.2, -0.15) is 0 Å². The van der Waals surface area contributed by atoms with Gasteiger partial charge >= 0.3 is 5.97 Å². The Kier molecular flexibility index (Phi) is 5.44. The number of hydrogen-bond acceptors (Lipinski definition) is 2. The summed E-state index contributed by atoms with van der Waals surface area (Å²) in [5, 5.41) is 0. The van der Waals surface area contributed by atoms with Crippen LogP contribution in [0.5, 0.6) is 0 Å². The van der Waals surface area contributed by atoms with Crippen LogP contribution in [0.2, 0.25) is 0 Å². The third kappa shape index (κ3) is 5.09. The summed E-state index contributed by atoms with van der Waals surface area (Å²) in [5.41, 5.74) is 0. The Balaban J connectivity index is 3.19. The first-order valence-electron chi connectivity index (χ1n) is 3.21. The average molecular weight is 140 g/mol. The molecular weight excluding hydrogens is 128 g/mol. The van der Waals surface area contributed by atoms with E-state index in [9.17, 15) is 4.79 Å². The van der Waals surface area contributed by atoms with Crippen LogP contribution in [-0.2, 0) is 9.53 Å². The zero-order valence-corrected chi connectivity index (χ0v) is 6.17. The summed E-state index contributed by atoms with van der Waals surface area (Å²) in [6.45, 7) is 5.63. The van der Waals surface area contributed by atoms with Gasteiger partial charge in [-0.15, -0.1) is 0 Å². The Labute approximate surface area is 61.2 Å². The van der Waals surface area contributed by atoms with E-state index in [1.807, 2.05) is 19.1 Å². The van der Waals surface area contributed by atoms with Gasteiger partial charge in [0.05, 0.1) is 6.61 Å². The van der Waals surface area contributed by atoms with Crippen LogP contribution in [0.4, 0.5) is 0 Å². The number of carbonyl (C=O) groups is 1. The highest BCUT2D eigenvalue weighted by molar-refractivity contribution is 5.81. The molecule has 0 aromatic carbocycles. The molecule has 0 aromatic heterocycles. The predicted octanol–water partition coefficient (Wildman–Crippen LogP) is 1.68. The van der Waals surface area contributed by atoms with Gasteiger partial charge in [-0.05, 0) is 13.3 Å². The van der Waals surface area contributed by atoms with Gasteiger partial charge < -0.3 is 4.74 Å². The van der Waals surface area contributed by atoms with Crippen molar-refractivity contribution in [3.8, 4) is 0 Å². The van der Waals surface area contributed by atoms with Gasteiger partial charge in [0, 0.05) is 6.08 Å². The van der Waals surface area contributed by atoms with Gasteiger partial charge in [-0.25, -0.2) is 4.79 Å². The number of rotatable bonds is 4. The number of ether oxygens (including phenoxy) is 1. The lowest BCUT2D eigenvalue weighted by Crippen LogP contribution is -2.00. The topological polar surface area (TPSA) is 26.3 Å². The SMILES string of the molecule is C=CC(=O)OCC/C=C\C. The van der Waals surface area contributed by atoms with Crippen LogP contribution in [0.25, 0.3) is 0 Å². The van der Waals surface area contributed by atoms with Crippen molar-refractivity contribution in [2.24, 2.45) is 0 Å². The molecule has 0 aromatic rings. The third-order valence-electron chi connectivity index (χ3n) is 0.931. The highest BCUT2D eigenvalue weighted by Crippen LogP contribution is 1.86. The van der Waals surface area contributed by atoms with Gasteiger partial charge in [0.25, 0.3) is 0 Å². The predicted molar refractivity (Wildman–Crippen MR) is 40.6 cm³/mol. The van der Waals surface area contributed by atoms with E-state index in [-0.39, 0.29) is 5.97 Å². The smallest absolute Gasteiger partial charge is 0.330 e. The molecule has 0 N–H and O–H groups in total. The molecule has 10 heavy (non-hydrogen) atoms. The van der Waals surface area contributed by atoms with E-state index in [1.54, 1.807) is 0 Å². The summed E-state index contributed by atoms with van der Waals surface area (Å²) < 4.78 is 4.69. The quantitative estimate of drug-likeness (QED) is 0.257. The Morgan fingerprint density at radius 1 is 1.70 bits per heavy atom. The van der Waals surface area contributed by atoms with E-state index in [1.165, 1.54) is 0 Å². The monoisotopic (exact) mass is 140 g/mol. The lowest BCUT2D eigenvalue weighted by molar-refractivity contribution is -0.137. The molecule has 0 radical (unpaired) electrons. The molecule has 2 heteroatoms. The van der Waals surface area contributed by atoms with E-state index in [0.717, 1.165) is 12.5 Å². The molecule has 56 valence electrons. The molecule has 0 unspecified atom stereocenters. The van der Waals surface area contributed by atoms with Crippen LogP contribution >= 0.6 is 0 Å². The molecule has 0 rings (SSSR count). The van der Waals surface area contributed by atoms with Crippen molar-refractivity contribution >= 4 is 5.97 Å². The molecule has 0 aliphatic carbocycles. The van der Waals surface area contributed by atoms with Crippen LogP contribution in [-0.4, -0.2) is 12.6 Å². The maximum absolute atomic E-state index is 10.4. The summed E-state index contributed by atoms with van der Waals surface area (Å²) in [7, 11) is 0. The largest absolute Gasteiger partial charge is 0.462 e. The standard InChI is InChI=1S/C8H12O2/c1-3-5-6-7-10-8(9)4-2/h3-5H,2,6-7H2,1H3/b5-3-. The van der Waals surface area contributed by atoms with Crippen molar-refractivity contribution in [1.82, 2.24) is 0 Å². The van der Waals surface area contributed by atoms with Gasteiger partial charge in [0.15, 0.2) is 0 Å². The van der Waals surface area contributed by atoms with Crippen molar-refractivity contribution < 1.29 is 9.53 Å². The Bertz CT molecular complexity index is 136. The van der Waals surface area contributed by atoms with Crippen LogP contribution < -0.4 is 0 Å². The molecular formula is C8H12O2. The first-order valence-corrected chi connectivity index (χ1v) is 3.21. The van der Waals surface area contributed by atoms with Crippen LogP contribution in [0.1, 0.15) is 13.3 Å². The third-order valence-corrected chi connectivity index (χ3v) is 0.931. The fraction of sp³-hybridized carbons (Fsp3) is 0.375. The van der Waals surface area contributed by atoms with Crippen molar-refractivity contribution in [2.75, 3.05) is 6.61 Å². The Morgan fingerprint density at radius 2 is 2.40 bits per heavy atom. The van der Waals surface area contributed by atoms with E-state index in [0.29, 0.717) is 6.61 Å². The molecule has 0 amide bonds. The fourth-order valence-corrected chi connectivity index (χ4v) is 0.453. The first kappa shape index (κ1) is 8.95. The van der Waals surface area contributed by atoms with E-state index in [2.05, 4.69) is 11.3 Å². The highest BCUT2D eigenvalue weighted by Gasteiger charge is 1.90. The van der Waals surface area contributed by atoms with Crippen molar-refractivity contribution in [3.05, 3.63) is 24.8 Å². The molecule has 0 heterocycles. The molecule has 0 atom stereocenters. The summed E-state index contributed by atoms with van der Waals surface area (Å²) in [4.78, 5) is 10.4. The Hall–Kier alpha value is -1.05. The van der Waals surface area contributed by atoms with Crippen LogP contribution in [0.15, 0.2) is 24.8 Å². The molecule has 2 nitrogen and oxygen atoms in total. The summed E-state index contributed by atoms with van der Waals surface area (Å²) in [6, 6.07) is 0. The van der Waals surface area contributed by atoms with Crippen LogP contribution in [0, 0.1) is 0 Å². The number of allylic oxidation sites excluding steroid dienone is 1. The summed E-state index contributed by atoms with van der Waals surface area (Å²) in [6.07, 6.45) is 5.80. The molecule has 0 fully saturated rings. The lowest BCUT2D eigenvalue weighted by Gasteiger charge is -1.96. The van der Waals surface area contributed by atoms with E-state index < -0.39 is 0 Å². The van der Waals surface area contributed by atoms with Crippen molar-refractivity contribution in [3.63, 3.8) is 0 Å². The van der Waals surface area contributed by atoms with E-state index >= 15 is 0 Å². The average Bonchev–Trinajstić information content (AvgIpc) is 1.98. The molecule has 0 saturated carbocycles. The molecule has 0 spiro atoms. The fourth-order valence-electron chi connectivity index (χ4n) is 0.453. The first-order chi connectivity index (χ1) is 4.81.